The summed E-state index contributed by atoms with van der Waals surface area (Å²) in [4.78, 5) is 10.9. The SMILES string of the molecule is c1ccc(-c2nc(-n3c4ccc(-c5ccc6c(c5)c5cc7ccccc7cc5n6-c5ccccc5)cc4c4cc5ccccc5cc43)nc3c2ccc2ccccc23)cc1. The van der Waals surface area contributed by atoms with Crippen LogP contribution < -0.4 is 0 Å². The largest absolute Gasteiger partial charge is 0.309 e. The van der Waals surface area contributed by atoms with Crippen LogP contribution >= 0.6 is 0 Å². The van der Waals surface area contributed by atoms with E-state index in [9.17, 15) is 0 Å². The average molecular weight is 763 g/mol. The number of rotatable bonds is 4. The van der Waals surface area contributed by atoms with Crippen LogP contribution in [-0.2, 0) is 0 Å². The summed E-state index contributed by atoms with van der Waals surface area (Å²) in [5, 5.41) is 13.0. The highest BCUT2D eigenvalue weighted by Gasteiger charge is 2.21. The first-order valence-electron chi connectivity index (χ1n) is 20.5. The van der Waals surface area contributed by atoms with Crippen LogP contribution in [0.3, 0.4) is 0 Å². The highest BCUT2D eigenvalue weighted by atomic mass is 15.2. The van der Waals surface area contributed by atoms with Crippen LogP contribution in [0.15, 0.2) is 206 Å². The van der Waals surface area contributed by atoms with Gasteiger partial charge in [-0.25, -0.2) is 9.97 Å². The molecule has 3 aromatic heterocycles. The Bertz CT molecular complexity index is 3880. The number of para-hydroxylation sites is 1. The van der Waals surface area contributed by atoms with Crippen molar-refractivity contribution in [1.82, 2.24) is 19.1 Å². The molecule has 13 rings (SSSR count). The summed E-state index contributed by atoms with van der Waals surface area (Å²) in [6.07, 6.45) is 0. The van der Waals surface area contributed by atoms with E-state index in [1.165, 1.54) is 54.3 Å². The molecule has 0 aliphatic carbocycles. The number of hydrogen-bond acceptors (Lipinski definition) is 2. The van der Waals surface area contributed by atoms with Crippen LogP contribution in [-0.4, -0.2) is 19.1 Å². The Labute approximate surface area is 344 Å². The molecule has 13 aromatic rings. The third kappa shape index (κ3) is 4.91. The standard InChI is InChI=1S/C56H34N4/c1-3-14-36(15-4-1)54-45-26-23-35-13-11-12-22-44(35)55(45)58-56(57-54)60-51-28-25-42(32-47(51)49-30-38-17-8-10-19-40(38)34-53(49)60)41-24-27-50-46(31-41)48-29-37-16-7-9-18-39(37)33-52(48)59(50)43-20-5-2-6-21-43/h1-34H. The summed E-state index contributed by atoms with van der Waals surface area (Å²) in [6, 6.07) is 74.5. The van der Waals surface area contributed by atoms with E-state index in [-0.39, 0.29) is 0 Å². The molecule has 0 unspecified atom stereocenters. The van der Waals surface area contributed by atoms with Crippen LogP contribution in [0, 0.1) is 0 Å². The van der Waals surface area contributed by atoms with Gasteiger partial charge >= 0.3 is 0 Å². The Morgan fingerprint density at radius 3 is 1.42 bits per heavy atom. The van der Waals surface area contributed by atoms with Crippen LogP contribution in [0.5, 0.6) is 0 Å². The van der Waals surface area contributed by atoms with Gasteiger partial charge < -0.3 is 4.57 Å². The molecule has 0 saturated carbocycles. The molecule has 4 heteroatoms. The van der Waals surface area contributed by atoms with Crippen LogP contribution in [0.2, 0.25) is 0 Å². The summed E-state index contributed by atoms with van der Waals surface area (Å²) in [5.74, 6) is 0.656. The molecule has 4 nitrogen and oxygen atoms in total. The molecule has 0 aliphatic heterocycles. The second kappa shape index (κ2) is 12.7. The number of benzene rings is 10. The van der Waals surface area contributed by atoms with Gasteiger partial charge in [-0.1, -0.05) is 140 Å². The van der Waals surface area contributed by atoms with Gasteiger partial charge in [-0.3, -0.25) is 4.57 Å². The zero-order valence-corrected chi connectivity index (χ0v) is 32.4. The molecular weight excluding hydrogens is 729 g/mol. The van der Waals surface area contributed by atoms with Crippen molar-refractivity contribution in [1.29, 1.82) is 0 Å². The Balaban J connectivity index is 1.08. The van der Waals surface area contributed by atoms with Crippen molar-refractivity contribution < 1.29 is 0 Å². The summed E-state index contributed by atoms with van der Waals surface area (Å²) in [7, 11) is 0. The van der Waals surface area contributed by atoms with Gasteiger partial charge in [-0.05, 0) is 105 Å². The van der Waals surface area contributed by atoms with Crippen molar-refractivity contribution in [3.63, 3.8) is 0 Å². The maximum Gasteiger partial charge on any atom is 0.235 e. The van der Waals surface area contributed by atoms with Gasteiger partial charge in [-0.15, -0.1) is 0 Å². The summed E-state index contributed by atoms with van der Waals surface area (Å²) in [6.45, 7) is 0. The topological polar surface area (TPSA) is 35.6 Å². The summed E-state index contributed by atoms with van der Waals surface area (Å²) >= 11 is 0. The normalized spacial score (nSPS) is 12.0. The molecular formula is C56H34N4. The van der Waals surface area contributed by atoms with Crippen LogP contribution in [0.4, 0.5) is 0 Å². The van der Waals surface area contributed by atoms with Crippen molar-refractivity contribution in [2.24, 2.45) is 0 Å². The Hall–Kier alpha value is -8.08. The first kappa shape index (κ1) is 32.9. The van der Waals surface area contributed by atoms with Gasteiger partial charge in [0.05, 0.1) is 33.3 Å². The van der Waals surface area contributed by atoms with E-state index in [2.05, 4.69) is 215 Å². The average Bonchev–Trinajstić information content (AvgIpc) is 3.80. The minimum atomic E-state index is 0.656. The first-order chi connectivity index (χ1) is 29.7. The van der Waals surface area contributed by atoms with Gasteiger partial charge in [0.15, 0.2) is 0 Å². The molecule has 60 heavy (non-hydrogen) atoms. The van der Waals surface area contributed by atoms with Crippen molar-refractivity contribution in [2.75, 3.05) is 0 Å². The van der Waals surface area contributed by atoms with E-state index in [4.69, 9.17) is 9.97 Å². The van der Waals surface area contributed by atoms with E-state index in [0.717, 1.165) is 60.6 Å². The molecule has 10 aromatic carbocycles. The summed E-state index contributed by atoms with van der Waals surface area (Å²) in [5.41, 5.74) is 11.0. The van der Waals surface area contributed by atoms with Crippen molar-refractivity contribution >= 4 is 86.8 Å². The lowest BCUT2D eigenvalue weighted by molar-refractivity contribution is 1.02. The molecule has 0 N–H and O–H groups in total. The highest BCUT2D eigenvalue weighted by molar-refractivity contribution is 6.17. The maximum absolute atomic E-state index is 5.45. The smallest absolute Gasteiger partial charge is 0.235 e. The zero-order chi connectivity index (χ0) is 39.3. The minimum absolute atomic E-state index is 0.656. The minimum Gasteiger partial charge on any atom is -0.309 e. The van der Waals surface area contributed by atoms with Crippen molar-refractivity contribution in [3.05, 3.63) is 206 Å². The molecule has 0 aliphatic rings. The highest BCUT2D eigenvalue weighted by Crippen LogP contribution is 2.41. The lowest BCUT2D eigenvalue weighted by Gasteiger charge is -2.13. The third-order valence-corrected chi connectivity index (χ3v) is 12.4. The molecule has 0 fully saturated rings. The fourth-order valence-corrected chi connectivity index (χ4v) is 9.61. The fourth-order valence-electron chi connectivity index (χ4n) is 9.61. The molecule has 278 valence electrons. The fraction of sp³-hybridized carbons (Fsp3) is 0. The van der Waals surface area contributed by atoms with E-state index >= 15 is 0 Å². The Morgan fingerprint density at radius 1 is 0.283 bits per heavy atom. The van der Waals surface area contributed by atoms with Crippen LogP contribution in [0.1, 0.15) is 0 Å². The second-order valence-corrected chi connectivity index (χ2v) is 15.8. The molecule has 0 atom stereocenters. The molecule has 0 bridgehead atoms. The van der Waals surface area contributed by atoms with Crippen molar-refractivity contribution in [2.45, 2.75) is 0 Å². The van der Waals surface area contributed by atoms with E-state index < -0.39 is 0 Å². The monoisotopic (exact) mass is 762 g/mol. The number of hydrogen-bond donors (Lipinski definition) is 0. The number of nitrogens with zero attached hydrogens (tertiary/aromatic N) is 4. The predicted octanol–water partition coefficient (Wildman–Crippen LogP) is 14.6. The third-order valence-electron chi connectivity index (χ3n) is 12.4. The van der Waals surface area contributed by atoms with Crippen molar-refractivity contribution in [3.8, 4) is 34.0 Å². The number of aromatic nitrogens is 4. The van der Waals surface area contributed by atoms with Crippen LogP contribution in [0.25, 0.3) is 121 Å². The first-order valence-corrected chi connectivity index (χ1v) is 20.5. The predicted molar refractivity (Wildman–Crippen MR) is 252 cm³/mol. The lowest BCUT2D eigenvalue weighted by Crippen LogP contribution is -2.04. The van der Waals surface area contributed by atoms with Gasteiger partial charge in [0.2, 0.25) is 5.95 Å². The maximum atomic E-state index is 5.45. The molecule has 0 amide bonds. The molecule has 0 spiro atoms. The molecule has 3 heterocycles. The second-order valence-electron chi connectivity index (χ2n) is 15.8. The van der Waals surface area contributed by atoms with E-state index in [1.807, 2.05) is 0 Å². The van der Waals surface area contributed by atoms with E-state index in [0.29, 0.717) is 5.95 Å². The van der Waals surface area contributed by atoms with Gasteiger partial charge in [-0.2, -0.15) is 0 Å². The van der Waals surface area contributed by atoms with Gasteiger partial charge in [0.1, 0.15) is 0 Å². The zero-order valence-electron chi connectivity index (χ0n) is 32.4. The Morgan fingerprint density at radius 2 is 0.783 bits per heavy atom. The quantitative estimate of drug-likeness (QED) is 0.167. The van der Waals surface area contributed by atoms with Gasteiger partial charge in [0.25, 0.3) is 0 Å². The molecule has 0 saturated heterocycles. The Kier molecular flexibility index (Phi) is 6.98. The molecule has 0 radical (unpaired) electrons. The van der Waals surface area contributed by atoms with Gasteiger partial charge in [0, 0.05) is 43.6 Å². The lowest BCUT2D eigenvalue weighted by atomic mass is 9.99. The van der Waals surface area contributed by atoms with E-state index in [1.54, 1.807) is 0 Å². The number of fused-ring (bicyclic) bond motifs is 11. The summed E-state index contributed by atoms with van der Waals surface area (Å²) < 4.78 is 4.68.